The van der Waals surface area contributed by atoms with Crippen LogP contribution in [0.1, 0.15) is 18.4 Å². The highest BCUT2D eigenvalue weighted by molar-refractivity contribution is 5.99. The van der Waals surface area contributed by atoms with Crippen molar-refractivity contribution in [3.8, 4) is 11.1 Å². The number of aryl methyl sites for hydroxylation is 1. The molecule has 0 aromatic heterocycles. The molecule has 0 saturated heterocycles. The summed E-state index contributed by atoms with van der Waals surface area (Å²) in [6.45, 7) is 2.18. The lowest BCUT2D eigenvalue weighted by Gasteiger charge is -2.28. The Kier molecular flexibility index (Phi) is 8.36. The summed E-state index contributed by atoms with van der Waals surface area (Å²) in [7, 11) is 0. The van der Waals surface area contributed by atoms with Crippen molar-refractivity contribution in [1.29, 1.82) is 0 Å². The highest BCUT2D eigenvalue weighted by Gasteiger charge is 2.18. The summed E-state index contributed by atoms with van der Waals surface area (Å²) >= 11 is 0. The van der Waals surface area contributed by atoms with Crippen LogP contribution in [0.2, 0.25) is 0 Å². The quantitative estimate of drug-likeness (QED) is 0.173. The molecule has 7 aromatic carbocycles. The monoisotopic (exact) mass is 630 g/mol. The number of benzene rings is 7. The molecule has 8 rings (SSSR count). The van der Waals surface area contributed by atoms with Crippen LogP contribution in [0.15, 0.2) is 182 Å². The molecule has 7 aromatic rings. The summed E-state index contributed by atoms with van der Waals surface area (Å²) in [6, 6.07) is 61.2. The Hall–Kier alpha value is -6.12. The van der Waals surface area contributed by atoms with Gasteiger partial charge >= 0.3 is 0 Å². The van der Waals surface area contributed by atoms with Gasteiger partial charge in [-0.05, 0) is 102 Å². The molecular formula is C47H38N2. The minimum atomic E-state index is 1.02. The molecule has 0 heterocycles. The van der Waals surface area contributed by atoms with Gasteiger partial charge in [-0.2, -0.15) is 0 Å². The molecule has 1 aliphatic carbocycles. The summed E-state index contributed by atoms with van der Waals surface area (Å²) in [5, 5.41) is 4.98. The van der Waals surface area contributed by atoms with E-state index in [1.807, 2.05) is 0 Å². The largest absolute Gasteiger partial charge is 0.310 e. The molecule has 0 N–H and O–H groups in total. The lowest BCUT2D eigenvalue weighted by Crippen LogP contribution is -2.32. The zero-order valence-electron chi connectivity index (χ0n) is 27.7. The summed E-state index contributed by atoms with van der Waals surface area (Å²) < 4.78 is 0. The van der Waals surface area contributed by atoms with E-state index in [0.717, 1.165) is 29.9 Å². The van der Waals surface area contributed by atoms with Gasteiger partial charge in [0, 0.05) is 33.4 Å². The molecule has 0 radical (unpaired) electrons. The van der Waals surface area contributed by atoms with Crippen molar-refractivity contribution in [3.63, 3.8) is 0 Å². The lowest BCUT2D eigenvalue weighted by atomic mass is 10.0. The second-order valence-corrected chi connectivity index (χ2v) is 12.5. The topological polar surface area (TPSA) is 6.48 Å². The Morgan fingerprint density at radius 3 is 1.82 bits per heavy atom. The molecule has 0 fully saturated rings. The first-order chi connectivity index (χ1) is 24.2. The van der Waals surface area contributed by atoms with Crippen LogP contribution in [0, 0.1) is 6.92 Å². The van der Waals surface area contributed by atoms with Crippen molar-refractivity contribution in [2.24, 2.45) is 0 Å². The fraction of sp³-hybridized carbons (Fsp3) is 0.0638. The Morgan fingerprint density at radius 2 is 1.04 bits per heavy atom. The second kappa shape index (κ2) is 13.5. The summed E-state index contributed by atoms with van der Waals surface area (Å²) in [6.07, 6.45) is 9.02. The second-order valence-electron chi connectivity index (χ2n) is 12.5. The molecule has 0 saturated carbocycles. The van der Waals surface area contributed by atoms with E-state index in [1.165, 1.54) is 55.0 Å². The molecular weight excluding hydrogens is 593 g/mol. The molecule has 0 unspecified atom stereocenters. The average Bonchev–Trinajstić information content (AvgIpc) is 3.15. The maximum atomic E-state index is 2.39. The first kappa shape index (κ1) is 30.2. The van der Waals surface area contributed by atoms with Gasteiger partial charge in [0.2, 0.25) is 0 Å². The first-order valence-corrected chi connectivity index (χ1v) is 17.1. The van der Waals surface area contributed by atoms with Crippen molar-refractivity contribution < 1.29 is 0 Å². The van der Waals surface area contributed by atoms with Crippen molar-refractivity contribution in [3.05, 3.63) is 198 Å². The van der Waals surface area contributed by atoms with E-state index in [1.54, 1.807) is 0 Å². The minimum Gasteiger partial charge on any atom is -0.310 e. The van der Waals surface area contributed by atoms with E-state index in [4.69, 9.17) is 0 Å². The van der Waals surface area contributed by atoms with Crippen molar-refractivity contribution in [2.45, 2.75) is 19.8 Å². The molecule has 1 aliphatic rings. The predicted octanol–water partition coefficient (Wildman–Crippen LogP) is 11.4. The molecule has 0 aliphatic heterocycles. The third-order valence-electron chi connectivity index (χ3n) is 9.41. The number of nitrogens with zero attached hydrogens (tertiary/aromatic N) is 2. The van der Waals surface area contributed by atoms with Gasteiger partial charge in [0.15, 0.2) is 0 Å². The number of allylic oxidation sites excluding steroid dienone is 1. The van der Waals surface area contributed by atoms with E-state index in [9.17, 15) is 0 Å². The molecule has 236 valence electrons. The van der Waals surface area contributed by atoms with Crippen molar-refractivity contribution >= 4 is 51.0 Å². The smallest absolute Gasteiger partial charge is 0.0540 e. The van der Waals surface area contributed by atoms with Crippen LogP contribution in [0.5, 0.6) is 0 Å². The van der Waals surface area contributed by atoms with Gasteiger partial charge in [0.25, 0.3) is 0 Å². The molecule has 2 nitrogen and oxygen atoms in total. The number of rotatable bonds is 7. The molecule has 2 heteroatoms. The highest BCUT2D eigenvalue weighted by Crippen LogP contribution is 2.41. The van der Waals surface area contributed by atoms with Crippen LogP contribution in [-0.2, 0) is 0 Å². The van der Waals surface area contributed by atoms with E-state index >= 15 is 0 Å². The van der Waals surface area contributed by atoms with Crippen LogP contribution in [0.25, 0.3) is 33.7 Å². The van der Waals surface area contributed by atoms with Gasteiger partial charge in [-0.1, -0.05) is 133 Å². The lowest BCUT2D eigenvalue weighted by molar-refractivity contribution is 1.08. The normalized spacial score (nSPS) is 13.2. The van der Waals surface area contributed by atoms with Gasteiger partial charge in [-0.25, -0.2) is 0 Å². The Morgan fingerprint density at radius 1 is 0.449 bits per heavy atom. The van der Waals surface area contributed by atoms with Crippen LogP contribution in [0.3, 0.4) is 0 Å². The fourth-order valence-electron chi connectivity index (χ4n) is 6.96. The molecule has 0 atom stereocenters. The predicted molar refractivity (Wildman–Crippen MR) is 209 cm³/mol. The minimum absolute atomic E-state index is 1.02. The molecule has 0 spiro atoms. The third kappa shape index (κ3) is 6.06. The SMILES string of the molecule is Cc1ccccc1N(c1ccc(-c2ccc(N(C3=c4cccc/c4=C\CCC=C3)c3ccccc3)cc2)cc1)c1cccc2ccccc12. The number of hydrogen-bond acceptors (Lipinski definition) is 2. The van der Waals surface area contributed by atoms with Crippen LogP contribution >= 0.6 is 0 Å². The summed E-state index contributed by atoms with van der Waals surface area (Å²) in [5.41, 5.74) is 10.5. The number of para-hydroxylation sites is 2. The van der Waals surface area contributed by atoms with E-state index in [-0.39, 0.29) is 0 Å². The van der Waals surface area contributed by atoms with Gasteiger partial charge < -0.3 is 9.80 Å². The summed E-state index contributed by atoms with van der Waals surface area (Å²) in [5.74, 6) is 0. The number of anilines is 5. The van der Waals surface area contributed by atoms with Crippen LogP contribution in [0.4, 0.5) is 28.4 Å². The van der Waals surface area contributed by atoms with Gasteiger partial charge in [0.1, 0.15) is 0 Å². The van der Waals surface area contributed by atoms with E-state index in [0.29, 0.717) is 0 Å². The van der Waals surface area contributed by atoms with Crippen LogP contribution in [-0.4, -0.2) is 0 Å². The standard InChI is InChI=1S/C47H38N2/c1-35-15-8-13-24-45(35)49(47-26-14-19-39-18-10-12-23-44(39)47)42-33-29-37(30-34-42)36-27-31-41(32-28-36)48(40-20-5-3-6-21-40)46-25-7-2-4-16-38-17-9-11-22-43(38)46/h3,5-34H,2,4H2,1H3/b25-7?,38-16+,46-43?. The third-order valence-corrected chi connectivity index (χ3v) is 9.41. The van der Waals surface area contributed by atoms with Gasteiger partial charge in [-0.3, -0.25) is 0 Å². The molecule has 0 bridgehead atoms. The average molecular weight is 631 g/mol. The van der Waals surface area contributed by atoms with Crippen LogP contribution < -0.4 is 20.2 Å². The van der Waals surface area contributed by atoms with Gasteiger partial charge in [0.05, 0.1) is 11.4 Å². The Labute approximate surface area is 288 Å². The first-order valence-electron chi connectivity index (χ1n) is 17.1. The molecule has 0 amide bonds. The molecule has 49 heavy (non-hydrogen) atoms. The maximum absolute atomic E-state index is 2.39. The zero-order valence-corrected chi connectivity index (χ0v) is 27.7. The van der Waals surface area contributed by atoms with E-state index < -0.39 is 0 Å². The Bertz CT molecular complexity index is 2380. The number of fused-ring (bicyclic) bond motifs is 2. The highest BCUT2D eigenvalue weighted by atomic mass is 15.2. The Balaban J connectivity index is 1.18. The fourth-order valence-corrected chi connectivity index (χ4v) is 6.96. The van der Waals surface area contributed by atoms with Crippen molar-refractivity contribution in [1.82, 2.24) is 0 Å². The summed E-state index contributed by atoms with van der Waals surface area (Å²) in [4.78, 5) is 4.77. The number of hydrogen-bond donors (Lipinski definition) is 0. The van der Waals surface area contributed by atoms with Crippen molar-refractivity contribution in [2.75, 3.05) is 9.80 Å². The maximum Gasteiger partial charge on any atom is 0.0540 e. The van der Waals surface area contributed by atoms with Gasteiger partial charge in [-0.15, -0.1) is 0 Å². The van der Waals surface area contributed by atoms with E-state index in [2.05, 4.69) is 205 Å². The zero-order chi connectivity index (χ0) is 33.0.